The number of aliphatic hydroxyl groups excluding tert-OH is 1. The van der Waals surface area contributed by atoms with E-state index in [2.05, 4.69) is 141 Å². The number of hydrogen-bond acceptors (Lipinski definition) is 6. The maximum atomic E-state index is 13.0. The summed E-state index contributed by atoms with van der Waals surface area (Å²) in [7, 11) is 1.23. The van der Waals surface area contributed by atoms with E-state index in [1.54, 1.807) is 6.08 Å². The second kappa shape index (κ2) is 65.1. The largest absolute Gasteiger partial charge is 0.756 e. The fourth-order valence-corrected chi connectivity index (χ4v) is 10.4. The number of carbonyl (C=O) groups is 1. The van der Waals surface area contributed by atoms with Crippen LogP contribution in [0.2, 0.25) is 0 Å². The Morgan fingerprint density at radius 3 is 1.09 bits per heavy atom. The Bertz CT molecular complexity index is 1850. The van der Waals surface area contributed by atoms with Crippen LogP contribution in [0.5, 0.6) is 0 Å². The highest BCUT2D eigenvalue weighted by Gasteiger charge is 2.23. The molecule has 9 heteroatoms. The van der Waals surface area contributed by atoms with Crippen LogP contribution in [0, 0.1) is 0 Å². The van der Waals surface area contributed by atoms with Crippen LogP contribution in [0.4, 0.5) is 0 Å². The highest BCUT2D eigenvalue weighted by atomic mass is 31.2. The molecule has 0 aliphatic heterocycles. The molecule has 85 heavy (non-hydrogen) atoms. The van der Waals surface area contributed by atoms with Gasteiger partial charge in [-0.15, -0.1) is 0 Å². The first-order valence-electron chi connectivity index (χ1n) is 35.0. The zero-order valence-corrected chi connectivity index (χ0v) is 56.7. The third kappa shape index (κ3) is 68.0. The molecule has 0 radical (unpaired) electrons. The number of aliphatic hydroxyl groups is 1. The van der Waals surface area contributed by atoms with E-state index in [9.17, 15) is 19.4 Å². The van der Waals surface area contributed by atoms with Crippen molar-refractivity contribution in [1.29, 1.82) is 0 Å². The fraction of sp³-hybridized carbons (Fsp3) is 0.697. The molecule has 0 fully saturated rings. The van der Waals surface area contributed by atoms with Crippen molar-refractivity contribution in [1.82, 2.24) is 5.32 Å². The SMILES string of the molecule is CC/C=C\C/C=C\C/C=C\C/C=C\C/C=C\C/C=C\C/C=C\C/C=C\CCCCCCCCCCCCCCCCCCC(=O)NC(COP(=O)([O-])OCC[N+](C)(C)C)C(O)/C=C/CC/C=C/CC/C=C/CCCCCCCCCCCCCC. The van der Waals surface area contributed by atoms with Crippen LogP contribution < -0.4 is 10.2 Å². The first kappa shape index (κ1) is 81.6. The number of quaternary nitrogens is 1. The van der Waals surface area contributed by atoms with Crippen molar-refractivity contribution in [2.75, 3.05) is 40.9 Å². The summed E-state index contributed by atoms with van der Waals surface area (Å²) in [5.41, 5.74) is 0. The summed E-state index contributed by atoms with van der Waals surface area (Å²) in [6.45, 7) is 4.52. The average molecular weight is 1200 g/mol. The molecule has 0 aliphatic carbocycles. The van der Waals surface area contributed by atoms with E-state index >= 15 is 0 Å². The Kier molecular flexibility index (Phi) is 62.5. The van der Waals surface area contributed by atoms with Gasteiger partial charge >= 0.3 is 0 Å². The number of carbonyl (C=O) groups excluding carboxylic acids is 1. The quantitative estimate of drug-likeness (QED) is 0.0272. The van der Waals surface area contributed by atoms with E-state index in [0.29, 0.717) is 17.4 Å². The van der Waals surface area contributed by atoms with Gasteiger partial charge in [0, 0.05) is 6.42 Å². The van der Waals surface area contributed by atoms with E-state index in [0.717, 1.165) is 96.3 Å². The van der Waals surface area contributed by atoms with Crippen LogP contribution in [0.3, 0.4) is 0 Å². The Hall–Kier alpha value is -3.36. The molecule has 0 saturated carbocycles. The van der Waals surface area contributed by atoms with Crippen LogP contribution in [0.15, 0.2) is 134 Å². The van der Waals surface area contributed by atoms with E-state index in [1.165, 1.54) is 173 Å². The third-order valence-electron chi connectivity index (χ3n) is 15.1. The van der Waals surface area contributed by atoms with Gasteiger partial charge in [-0.1, -0.05) is 308 Å². The first-order valence-corrected chi connectivity index (χ1v) is 36.5. The Labute approximate surface area is 526 Å². The maximum Gasteiger partial charge on any atom is 0.268 e. The van der Waals surface area contributed by atoms with Crippen LogP contribution in [0.1, 0.15) is 290 Å². The number of phosphoric ester groups is 1. The number of unbranched alkanes of at least 4 members (excludes halogenated alkanes) is 30. The van der Waals surface area contributed by atoms with E-state index in [1.807, 2.05) is 27.2 Å². The number of amides is 1. The summed E-state index contributed by atoms with van der Waals surface area (Å²) in [6, 6.07) is -0.918. The molecular weight excluding hydrogens is 1070 g/mol. The van der Waals surface area contributed by atoms with Crippen LogP contribution >= 0.6 is 7.82 Å². The maximum absolute atomic E-state index is 13.0. The molecule has 0 aromatic rings. The number of nitrogens with zero attached hydrogens (tertiary/aromatic N) is 1. The van der Waals surface area contributed by atoms with Crippen molar-refractivity contribution in [2.45, 2.75) is 302 Å². The van der Waals surface area contributed by atoms with Gasteiger partial charge in [0.1, 0.15) is 13.2 Å². The smallest absolute Gasteiger partial charge is 0.268 e. The third-order valence-corrected chi connectivity index (χ3v) is 16.0. The summed E-state index contributed by atoms with van der Waals surface area (Å²) < 4.78 is 23.4. The van der Waals surface area contributed by atoms with Crippen molar-refractivity contribution in [3.63, 3.8) is 0 Å². The van der Waals surface area contributed by atoms with Crippen molar-refractivity contribution in [2.24, 2.45) is 0 Å². The zero-order chi connectivity index (χ0) is 61.9. The minimum absolute atomic E-state index is 0.0132. The molecule has 0 rings (SSSR count). The zero-order valence-electron chi connectivity index (χ0n) is 55.8. The van der Waals surface area contributed by atoms with Crippen LogP contribution in [0.25, 0.3) is 0 Å². The lowest BCUT2D eigenvalue weighted by Gasteiger charge is -2.29. The van der Waals surface area contributed by atoms with Gasteiger partial charge in [-0.05, 0) is 109 Å². The van der Waals surface area contributed by atoms with Gasteiger partial charge in [-0.2, -0.15) is 0 Å². The Morgan fingerprint density at radius 2 is 0.729 bits per heavy atom. The summed E-state index contributed by atoms with van der Waals surface area (Å²) in [5.74, 6) is -0.213. The van der Waals surface area contributed by atoms with E-state index in [4.69, 9.17) is 9.05 Å². The molecule has 488 valence electrons. The molecule has 0 bridgehead atoms. The van der Waals surface area contributed by atoms with Crippen molar-refractivity contribution in [3.05, 3.63) is 134 Å². The molecular formula is C76H133N2O6P. The lowest BCUT2D eigenvalue weighted by molar-refractivity contribution is -0.870. The van der Waals surface area contributed by atoms with Gasteiger partial charge in [0.2, 0.25) is 5.91 Å². The standard InChI is InChI=1S/C76H133N2O6P/c1-6-8-10-12-14-16-18-20-22-24-26-28-30-31-32-33-34-35-36-37-38-39-40-41-42-43-44-45-46-47-48-50-52-54-56-58-60-62-64-66-68-70-76(80)77-74(73-84-85(81,82)83-72-71-78(3,4)5)75(79)69-67-65-63-61-59-57-55-53-51-49-29-27-25-23-21-19-17-15-13-11-9-7-2/h8,10,14,16,20,22,26,28,31-32,34-35,37-38,40-41,51,53,59,61,67,69,74-75,79H,6-7,9,11-13,15,17-19,21,23-25,27,29-30,33,36,39,42-50,52,54-58,60,62-66,68,70-73H2,1-5H3,(H-,77,80,81,82)/b10-8-,16-14-,22-20-,28-26-,32-31-,35-34-,38-37-,41-40-,53-51+,61-59+,69-67+. The molecule has 3 atom stereocenters. The van der Waals surface area contributed by atoms with Crippen molar-refractivity contribution >= 4 is 13.7 Å². The monoisotopic (exact) mass is 1200 g/mol. The van der Waals surface area contributed by atoms with Gasteiger partial charge in [0.25, 0.3) is 7.82 Å². The van der Waals surface area contributed by atoms with E-state index in [-0.39, 0.29) is 12.5 Å². The minimum atomic E-state index is -4.62. The number of nitrogens with one attached hydrogen (secondary N) is 1. The Balaban J connectivity index is 4.08. The first-order chi connectivity index (χ1) is 41.5. The average Bonchev–Trinajstić information content (AvgIpc) is 3.48. The molecule has 0 saturated heterocycles. The molecule has 0 aromatic carbocycles. The molecule has 3 unspecified atom stereocenters. The summed E-state index contributed by atoms with van der Waals surface area (Å²) in [4.78, 5) is 25.6. The molecule has 0 aromatic heterocycles. The van der Waals surface area contributed by atoms with Gasteiger partial charge in [-0.25, -0.2) is 0 Å². The highest BCUT2D eigenvalue weighted by Crippen LogP contribution is 2.38. The highest BCUT2D eigenvalue weighted by molar-refractivity contribution is 7.45. The molecule has 1 amide bonds. The lowest BCUT2D eigenvalue weighted by Crippen LogP contribution is -2.45. The number of rotatable bonds is 63. The van der Waals surface area contributed by atoms with Crippen LogP contribution in [-0.4, -0.2) is 68.5 Å². The van der Waals surface area contributed by atoms with Gasteiger partial charge in [-0.3, -0.25) is 9.36 Å². The predicted molar refractivity (Wildman–Crippen MR) is 371 cm³/mol. The fourth-order valence-electron chi connectivity index (χ4n) is 9.67. The van der Waals surface area contributed by atoms with Gasteiger partial charge in [0.05, 0.1) is 39.9 Å². The number of hydrogen-bond donors (Lipinski definition) is 2. The van der Waals surface area contributed by atoms with Crippen molar-refractivity contribution < 1.29 is 32.9 Å². The molecule has 0 aliphatic rings. The molecule has 2 N–H and O–H groups in total. The molecule has 8 nitrogen and oxygen atoms in total. The Morgan fingerprint density at radius 1 is 0.424 bits per heavy atom. The molecule has 0 spiro atoms. The lowest BCUT2D eigenvalue weighted by atomic mass is 10.0. The van der Waals surface area contributed by atoms with E-state index < -0.39 is 26.6 Å². The number of allylic oxidation sites excluding steroid dienone is 21. The van der Waals surface area contributed by atoms with Crippen molar-refractivity contribution in [3.8, 4) is 0 Å². The van der Waals surface area contributed by atoms with Crippen LogP contribution in [-0.2, 0) is 18.4 Å². The predicted octanol–water partition coefficient (Wildman–Crippen LogP) is 22.0. The van der Waals surface area contributed by atoms with Gasteiger partial charge in [0.15, 0.2) is 0 Å². The second-order valence-electron chi connectivity index (χ2n) is 24.5. The number of likely N-dealkylation sites (N-methyl/N-ethyl adjacent to an activating group) is 1. The summed E-state index contributed by atoms with van der Waals surface area (Å²) in [6.07, 6.45) is 98.6. The van der Waals surface area contributed by atoms with Gasteiger partial charge < -0.3 is 28.8 Å². The normalized spacial score (nSPS) is 14.5. The second-order valence-corrected chi connectivity index (χ2v) is 25.9. The summed E-state index contributed by atoms with van der Waals surface area (Å²) in [5, 5.41) is 13.9. The topological polar surface area (TPSA) is 108 Å². The number of phosphoric acid groups is 1. The summed E-state index contributed by atoms with van der Waals surface area (Å²) >= 11 is 0. The molecule has 0 heterocycles. The minimum Gasteiger partial charge on any atom is -0.756 e.